The fraction of sp³-hybridized carbons (Fsp3) is 0.500. The van der Waals surface area contributed by atoms with Gasteiger partial charge in [-0.25, -0.2) is 0 Å². The van der Waals surface area contributed by atoms with Gasteiger partial charge in [0.05, 0.1) is 24.7 Å². The van der Waals surface area contributed by atoms with E-state index < -0.39 is 22.8 Å². The highest BCUT2D eigenvalue weighted by molar-refractivity contribution is 5.92. The summed E-state index contributed by atoms with van der Waals surface area (Å²) in [6.45, 7) is 2.00. The van der Waals surface area contributed by atoms with Gasteiger partial charge in [-0.3, -0.25) is 9.59 Å². The van der Waals surface area contributed by atoms with E-state index in [2.05, 4.69) is 5.32 Å². The Labute approximate surface area is 123 Å². The first-order valence-electron chi connectivity index (χ1n) is 7.17. The third kappa shape index (κ3) is 2.21. The molecule has 1 amide bonds. The lowest BCUT2D eigenvalue weighted by molar-refractivity contribution is -0.149. The number of carbonyl (C=O) groups is 2. The average molecular weight is 289 g/mol. The number of nitrogens with one attached hydrogen (secondary N) is 1. The van der Waals surface area contributed by atoms with Crippen molar-refractivity contribution in [3.63, 3.8) is 0 Å². The predicted molar refractivity (Wildman–Crippen MR) is 75.8 cm³/mol. The summed E-state index contributed by atoms with van der Waals surface area (Å²) < 4.78 is 5.28. The van der Waals surface area contributed by atoms with Gasteiger partial charge in [0.2, 0.25) is 5.91 Å². The van der Waals surface area contributed by atoms with Gasteiger partial charge < -0.3 is 15.2 Å². The smallest absolute Gasteiger partial charge is 0.313 e. The summed E-state index contributed by atoms with van der Waals surface area (Å²) in [5, 5.41) is 12.3. The maximum absolute atomic E-state index is 12.6. The number of amides is 1. The van der Waals surface area contributed by atoms with E-state index in [1.807, 2.05) is 30.3 Å². The minimum Gasteiger partial charge on any atom is -0.481 e. The van der Waals surface area contributed by atoms with Gasteiger partial charge in [-0.2, -0.15) is 0 Å². The lowest BCUT2D eigenvalue weighted by Gasteiger charge is -2.27. The van der Waals surface area contributed by atoms with Crippen LogP contribution in [0.25, 0.3) is 0 Å². The second-order valence-corrected chi connectivity index (χ2v) is 6.21. The molecule has 1 heterocycles. The predicted octanol–water partition coefficient (Wildman–Crippen LogP) is 1.32. The molecule has 2 N–H and O–H groups in total. The molecular weight excluding hydrogens is 270 g/mol. The van der Waals surface area contributed by atoms with Crippen molar-refractivity contribution >= 4 is 11.9 Å². The summed E-state index contributed by atoms with van der Waals surface area (Å²) in [7, 11) is 0. The zero-order valence-corrected chi connectivity index (χ0v) is 12.0. The summed E-state index contributed by atoms with van der Waals surface area (Å²) in [6, 6.07) is 9.18. The maximum atomic E-state index is 12.6. The fourth-order valence-corrected chi connectivity index (χ4v) is 2.91. The molecule has 2 fully saturated rings. The normalized spacial score (nSPS) is 29.9. The van der Waals surface area contributed by atoms with Crippen molar-refractivity contribution in [1.82, 2.24) is 5.32 Å². The molecule has 2 aliphatic rings. The van der Waals surface area contributed by atoms with E-state index in [9.17, 15) is 14.7 Å². The molecule has 0 aromatic heterocycles. The number of ether oxygens (including phenoxy) is 1. The van der Waals surface area contributed by atoms with Crippen molar-refractivity contribution in [3.05, 3.63) is 35.9 Å². The van der Waals surface area contributed by atoms with Crippen LogP contribution in [0, 0.1) is 5.41 Å². The second-order valence-electron chi connectivity index (χ2n) is 6.21. The van der Waals surface area contributed by atoms with Gasteiger partial charge >= 0.3 is 5.97 Å². The molecular formula is C16H19NO4. The van der Waals surface area contributed by atoms with E-state index in [1.54, 1.807) is 6.92 Å². The van der Waals surface area contributed by atoms with Crippen molar-refractivity contribution in [3.8, 4) is 0 Å². The highest BCUT2D eigenvalue weighted by Crippen LogP contribution is 2.48. The van der Waals surface area contributed by atoms with E-state index in [0.717, 1.165) is 18.4 Å². The second kappa shape index (κ2) is 4.84. The van der Waals surface area contributed by atoms with E-state index in [-0.39, 0.29) is 19.1 Å². The van der Waals surface area contributed by atoms with Crippen LogP contribution in [0.5, 0.6) is 0 Å². The minimum atomic E-state index is -1.05. The zero-order valence-electron chi connectivity index (χ0n) is 12.0. The van der Waals surface area contributed by atoms with Gasteiger partial charge in [0.15, 0.2) is 0 Å². The average Bonchev–Trinajstić information content (AvgIpc) is 3.21. The number of benzene rings is 1. The van der Waals surface area contributed by atoms with Gasteiger partial charge in [-0.1, -0.05) is 30.3 Å². The highest BCUT2D eigenvalue weighted by atomic mass is 16.5. The zero-order chi connectivity index (χ0) is 15.1. The van der Waals surface area contributed by atoms with Crippen LogP contribution in [0.1, 0.15) is 25.3 Å². The number of aliphatic carboxylic acids is 1. The number of carbonyl (C=O) groups excluding carboxylic acids is 1. The summed E-state index contributed by atoms with van der Waals surface area (Å²) in [5.74, 6) is -1.02. The Morgan fingerprint density at radius 2 is 1.95 bits per heavy atom. The Bertz CT molecular complexity index is 567. The van der Waals surface area contributed by atoms with Crippen LogP contribution in [0.4, 0.5) is 0 Å². The molecule has 0 spiro atoms. The standard InChI is InChI=1S/C16H19NO4/c1-15(14(19)20)10-21-9-12(15)17-13(18)16(7-8-16)11-5-3-2-4-6-11/h2-6,12H,7-10H2,1H3,(H,17,18)(H,19,20). The van der Waals surface area contributed by atoms with Crippen molar-refractivity contribution in [1.29, 1.82) is 0 Å². The molecule has 0 radical (unpaired) electrons. The Hall–Kier alpha value is -1.88. The molecule has 112 valence electrons. The molecule has 5 heteroatoms. The molecule has 1 aliphatic heterocycles. The van der Waals surface area contributed by atoms with Crippen LogP contribution in [0.15, 0.2) is 30.3 Å². The number of hydrogen-bond donors (Lipinski definition) is 2. The maximum Gasteiger partial charge on any atom is 0.313 e. The number of hydrogen-bond acceptors (Lipinski definition) is 3. The molecule has 1 saturated carbocycles. The van der Waals surface area contributed by atoms with E-state index in [0.29, 0.717) is 0 Å². The Morgan fingerprint density at radius 1 is 1.29 bits per heavy atom. The quantitative estimate of drug-likeness (QED) is 0.876. The first-order chi connectivity index (χ1) is 9.99. The van der Waals surface area contributed by atoms with Crippen LogP contribution in [0.2, 0.25) is 0 Å². The van der Waals surface area contributed by atoms with Gasteiger partial charge in [-0.15, -0.1) is 0 Å². The first-order valence-corrected chi connectivity index (χ1v) is 7.17. The van der Waals surface area contributed by atoms with Gasteiger partial charge in [0.1, 0.15) is 5.41 Å². The lowest BCUT2D eigenvalue weighted by Crippen LogP contribution is -2.52. The number of carboxylic acid groups (broad SMARTS) is 1. The van der Waals surface area contributed by atoms with Gasteiger partial charge in [0, 0.05) is 0 Å². The summed E-state index contributed by atoms with van der Waals surface area (Å²) in [4.78, 5) is 24.1. The molecule has 2 unspecified atom stereocenters. The molecule has 21 heavy (non-hydrogen) atoms. The molecule has 1 aliphatic carbocycles. The van der Waals surface area contributed by atoms with Gasteiger partial charge in [-0.05, 0) is 25.3 Å². The third-order valence-corrected chi connectivity index (χ3v) is 4.76. The Kier molecular flexibility index (Phi) is 3.24. The van der Waals surface area contributed by atoms with Crippen LogP contribution in [0.3, 0.4) is 0 Å². The molecule has 1 saturated heterocycles. The van der Waals surface area contributed by atoms with E-state index in [1.165, 1.54) is 0 Å². The van der Waals surface area contributed by atoms with Crippen LogP contribution < -0.4 is 5.32 Å². The molecule has 5 nitrogen and oxygen atoms in total. The summed E-state index contributed by atoms with van der Waals surface area (Å²) in [6.07, 6.45) is 1.61. The van der Waals surface area contributed by atoms with Crippen LogP contribution in [-0.2, 0) is 19.7 Å². The van der Waals surface area contributed by atoms with Crippen LogP contribution >= 0.6 is 0 Å². The monoisotopic (exact) mass is 289 g/mol. The van der Waals surface area contributed by atoms with Gasteiger partial charge in [0.25, 0.3) is 0 Å². The number of rotatable bonds is 4. The van der Waals surface area contributed by atoms with Crippen molar-refractivity contribution < 1.29 is 19.4 Å². The first kappa shape index (κ1) is 14.1. The molecule has 3 rings (SSSR count). The molecule has 0 bridgehead atoms. The third-order valence-electron chi connectivity index (χ3n) is 4.76. The van der Waals surface area contributed by atoms with Crippen LogP contribution in [-0.4, -0.2) is 36.2 Å². The summed E-state index contributed by atoms with van der Waals surface area (Å²) in [5.41, 5.74) is -0.537. The lowest BCUT2D eigenvalue weighted by atomic mass is 9.84. The number of carboxylic acids is 1. The summed E-state index contributed by atoms with van der Waals surface area (Å²) >= 11 is 0. The highest BCUT2D eigenvalue weighted by Gasteiger charge is 2.54. The van der Waals surface area contributed by atoms with E-state index >= 15 is 0 Å². The topological polar surface area (TPSA) is 75.6 Å². The minimum absolute atomic E-state index is 0.0864. The fourth-order valence-electron chi connectivity index (χ4n) is 2.91. The van der Waals surface area contributed by atoms with E-state index in [4.69, 9.17) is 4.74 Å². The SMILES string of the molecule is CC1(C(=O)O)COCC1NC(=O)C1(c2ccccc2)CC1. The Balaban J connectivity index is 1.77. The molecule has 1 aromatic rings. The van der Waals surface area contributed by atoms with Crippen molar-refractivity contribution in [2.24, 2.45) is 5.41 Å². The largest absolute Gasteiger partial charge is 0.481 e. The molecule has 2 atom stereocenters. The van der Waals surface area contributed by atoms with Crippen molar-refractivity contribution in [2.75, 3.05) is 13.2 Å². The Morgan fingerprint density at radius 3 is 2.52 bits per heavy atom. The van der Waals surface area contributed by atoms with Crippen molar-refractivity contribution in [2.45, 2.75) is 31.2 Å². The molecule has 1 aromatic carbocycles.